The fraction of sp³-hybridized carbons (Fsp3) is 0.257. The normalized spacial score (nSPS) is 16.9. The average Bonchev–Trinajstić information content (AvgIpc) is 3.46. The minimum Gasteiger partial charge on any atom is -0.496 e. The zero-order chi connectivity index (χ0) is 33.2. The molecule has 10 nitrogen and oxygen atoms in total. The minimum atomic E-state index is -1.58. The molecule has 242 valence electrons. The van der Waals surface area contributed by atoms with Crippen molar-refractivity contribution in [2.24, 2.45) is 10.1 Å². The lowest BCUT2D eigenvalue weighted by Crippen LogP contribution is -2.50. The lowest BCUT2D eigenvalue weighted by molar-refractivity contribution is -0.128. The summed E-state index contributed by atoms with van der Waals surface area (Å²) in [6, 6.07) is 26.8. The smallest absolute Gasteiger partial charge is 0.252 e. The summed E-state index contributed by atoms with van der Waals surface area (Å²) in [6.07, 6.45) is 0.0571. The highest BCUT2D eigenvalue weighted by Crippen LogP contribution is 2.46. The number of halogens is 2. The highest BCUT2D eigenvalue weighted by molar-refractivity contribution is 6.35. The molecule has 1 amide bonds. The van der Waals surface area contributed by atoms with Gasteiger partial charge in [0.1, 0.15) is 11.5 Å². The van der Waals surface area contributed by atoms with Crippen LogP contribution in [0.5, 0.6) is 11.5 Å². The number of carbonyl (C=O) groups excluding carboxylic acids is 1. The zero-order valence-corrected chi connectivity index (χ0v) is 27.1. The van der Waals surface area contributed by atoms with E-state index in [9.17, 15) is 10.3 Å². The van der Waals surface area contributed by atoms with Gasteiger partial charge < -0.3 is 24.6 Å². The van der Waals surface area contributed by atoms with Gasteiger partial charge in [-0.3, -0.25) is 4.79 Å². The number of amides is 1. The molecule has 1 heterocycles. The van der Waals surface area contributed by atoms with Crippen molar-refractivity contribution in [2.75, 3.05) is 26.9 Å². The van der Waals surface area contributed by atoms with Crippen LogP contribution in [-0.2, 0) is 22.4 Å². The first kappa shape index (κ1) is 33.6. The van der Waals surface area contributed by atoms with Crippen molar-refractivity contribution >= 4 is 40.7 Å². The summed E-state index contributed by atoms with van der Waals surface area (Å²) < 4.78 is 17.8. The van der Waals surface area contributed by atoms with Gasteiger partial charge in [-0.15, -0.1) is 0 Å². The van der Waals surface area contributed by atoms with Gasteiger partial charge in [0.05, 0.1) is 13.7 Å². The molecule has 4 aromatic rings. The Morgan fingerprint density at radius 2 is 1.81 bits per heavy atom. The summed E-state index contributed by atoms with van der Waals surface area (Å²) in [7, 11) is 1.61. The van der Waals surface area contributed by atoms with E-state index in [0.29, 0.717) is 57.6 Å². The number of methoxy groups -OCH3 is 1. The topological polar surface area (TPSA) is 138 Å². The molecule has 0 spiro atoms. The summed E-state index contributed by atoms with van der Waals surface area (Å²) in [5, 5.41) is 16.8. The quantitative estimate of drug-likeness (QED) is 0.0615. The predicted molar refractivity (Wildman–Crippen MR) is 182 cm³/mol. The van der Waals surface area contributed by atoms with E-state index in [-0.39, 0.29) is 25.5 Å². The molecular weight excluding hydrogens is 641 g/mol. The highest BCUT2D eigenvalue weighted by atomic mass is 35.5. The maximum atomic E-state index is 14.6. The number of azide groups is 1. The maximum absolute atomic E-state index is 14.6. The van der Waals surface area contributed by atoms with Crippen molar-refractivity contribution in [1.29, 1.82) is 0 Å². The fourth-order valence-corrected chi connectivity index (χ4v) is 5.95. The minimum absolute atomic E-state index is 0.0260. The molecule has 5 rings (SSSR count). The molecule has 0 unspecified atom stereocenters. The summed E-state index contributed by atoms with van der Waals surface area (Å²) in [4.78, 5) is 22.6. The van der Waals surface area contributed by atoms with Crippen LogP contribution in [-0.4, -0.2) is 49.3 Å². The van der Waals surface area contributed by atoms with Gasteiger partial charge in [-0.05, 0) is 65.5 Å². The highest BCUT2D eigenvalue weighted by Gasteiger charge is 2.54. The third kappa shape index (κ3) is 7.81. The molecule has 1 aliphatic rings. The van der Waals surface area contributed by atoms with Gasteiger partial charge in [0.15, 0.2) is 11.6 Å². The first-order valence-electron chi connectivity index (χ1n) is 15.0. The van der Waals surface area contributed by atoms with E-state index in [1.807, 2.05) is 24.3 Å². The Morgan fingerprint density at radius 1 is 1.06 bits per heavy atom. The number of hydrogen-bond acceptors (Lipinski definition) is 7. The van der Waals surface area contributed by atoms with Crippen molar-refractivity contribution in [1.82, 2.24) is 5.32 Å². The van der Waals surface area contributed by atoms with Crippen LogP contribution < -0.4 is 14.8 Å². The summed E-state index contributed by atoms with van der Waals surface area (Å²) in [5.74, 6) is 1.16. The van der Waals surface area contributed by atoms with E-state index in [4.69, 9.17) is 47.5 Å². The Morgan fingerprint density at radius 3 is 2.53 bits per heavy atom. The number of benzene rings is 4. The molecule has 2 atom stereocenters. The van der Waals surface area contributed by atoms with Crippen LogP contribution in [0.4, 0.5) is 5.69 Å². The van der Waals surface area contributed by atoms with Crippen LogP contribution in [0, 0.1) is 0 Å². The Bertz CT molecular complexity index is 1800. The van der Waals surface area contributed by atoms with Crippen LogP contribution in [0.25, 0.3) is 10.4 Å². The number of ether oxygens (including phenoxy) is 3. The summed E-state index contributed by atoms with van der Waals surface area (Å²) >= 11 is 13.0. The van der Waals surface area contributed by atoms with Crippen molar-refractivity contribution in [3.05, 3.63) is 134 Å². The standard InChI is InChI=1S/C35H33Cl2N5O5/c1-45-31-10-5-3-7-23(31)17-18-39-34(44)35(22-25-8-2-4-9-30(25)41-42-38)32(28-16-13-26(36)21-29(28)37)47-33(40-35)24-11-14-27(15-12-24)46-20-6-19-43/h2-5,7-16,21,32,43H,6,17-20,22H2,1H3,(H,39,44)/t32-,35-/m1/s1. The summed E-state index contributed by atoms with van der Waals surface area (Å²) in [6.45, 7) is 0.682. The third-order valence-corrected chi connectivity index (χ3v) is 8.31. The lowest BCUT2D eigenvalue weighted by Gasteiger charge is -2.31. The van der Waals surface area contributed by atoms with Crippen LogP contribution in [0.2, 0.25) is 10.0 Å². The molecule has 4 aromatic carbocycles. The molecule has 0 saturated heterocycles. The van der Waals surface area contributed by atoms with Crippen LogP contribution in [0.1, 0.15) is 34.8 Å². The monoisotopic (exact) mass is 673 g/mol. The van der Waals surface area contributed by atoms with Crippen molar-refractivity contribution < 1.29 is 24.1 Å². The molecule has 0 fully saturated rings. The molecule has 12 heteroatoms. The number of para-hydroxylation sites is 1. The van der Waals surface area contributed by atoms with E-state index in [2.05, 4.69) is 15.3 Å². The van der Waals surface area contributed by atoms with Crippen LogP contribution >= 0.6 is 23.2 Å². The molecule has 0 bridgehead atoms. The number of aliphatic hydroxyl groups excluding tert-OH is 1. The molecule has 0 saturated carbocycles. The zero-order valence-electron chi connectivity index (χ0n) is 25.6. The molecule has 0 aliphatic carbocycles. The first-order chi connectivity index (χ1) is 22.9. The number of aliphatic imine (C=N–C) groups is 1. The van der Waals surface area contributed by atoms with Gasteiger partial charge in [-0.1, -0.05) is 76.8 Å². The van der Waals surface area contributed by atoms with Crippen molar-refractivity contribution in [3.63, 3.8) is 0 Å². The SMILES string of the molecule is COc1ccccc1CCNC(=O)[C@]1(Cc2ccccc2N=[N+]=[N-])N=C(c2ccc(OCCCO)cc2)O[C@@H]1c1ccc(Cl)cc1Cl. The molecule has 2 N–H and O–H groups in total. The van der Waals surface area contributed by atoms with E-state index in [0.717, 1.165) is 11.3 Å². The summed E-state index contributed by atoms with van der Waals surface area (Å²) in [5.41, 5.74) is 10.7. The van der Waals surface area contributed by atoms with Crippen molar-refractivity contribution in [3.8, 4) is 11.5 Å². The predicted octanol–water partition coefficient (Wildman–Crippen LogP) is 7.56. The number of nitrogens with one attached hydrogen (secondary N) is 1. The molecule has 1 aliphatic heterocycles. The Hall–Kier alpha value is -4.73. The Kier molecular flexibility index (Phi) is 11.2. The second-order valence-corrected chi connectivity index (χ2v) is 11.6. The third-order valence-electron chi connectivity index (χ3n) is 7.75. The van der Waals surface area contributed by atoms with Gasteiger partial charge in [0.25, 0.3) is 5.91 Å². The van der Waals surface area contributed by atoms with Crippen LogP contribution in [0.3, 0.4) is 0 Å². The second kappa shape index (κ2) is 15.7. The molecular formula is C35H33Cl2N5O5. The number of carbonyl (C=O) groups is 1. The van der Waals surface area contributed by atoms with E-state index < -0.39 is 17.6 Å². The van der Waals surface area contributed by atoms with Gasteiger partial charge in [0.2, 0.25) is 5.90 Å². The van der Waals surface area contributed by atoms with E-state index >= 15 is 0 Å². The number of aliphatic hydroxyl groups is 1. The fourth-order valence-electron chi connectivity index (χ4n) is 5.44. The van der Waals surface area contributed by atoms with E-state index in [1.54, 1.807) is 73.8 Å². The van der Waals surface area contributed by atoms with Gasteiger partial charge in [-0.2, -0.15) is 0 Å². The van der Waals surface area contributed by atoms with E-state index in [1.165, 1.54) is 0 Å². The number of rotatable bonds is 14. The van der Waals surface area contributed by atoms with Gasteiger partial charge >= 0.3 is 0 Å². The average molecular weight is 675 g/mol. The molecule has 0 radical (unpaired) electrons. The first-order valence-corrected chi connectivity index (χ1v) is 15.7. The van der Waals surface area contributed by atoms with Crippen LogP contribution in [0.15, 0.2) is 101 Å². The number of nitrogens with zero attached hydrogens (tertiary/aromatic N) is 4. The Labute approximate surface area is 282 Å². The maximum Gasteiger partial charge on any atom is 0.252 e. The largest absolute Gasteiger partial charge is 0.496 e. The Balaban J connectivity index is 1.58. The van der Waals surface area contributed by atoms with Gasteiger partial charge in [0, 0.05) is 57.8 Å². The molecule has 47 heavy (non-hydrogen) atoms. The second-order valence-electron chi connectivity index (χ2n) is 10.8. The number of hydrogen-bond donors (Lipinski definition) is 2. The lowest BCUT2D eigenvalue weighted by atomic mass is 9.81. The van der Waals surface area contributed by atoms with Crippen molar-refractivity contribution in [2.45, 2.75) is 30.9 Å². The van der Waals surface area contributed by atoms with Gasteiger partial charge in [-0.25, -0.2) is 4.99 Å². The molecule has 0 aromatic heterocycles.